The summed E-state index contributed by atoms with van der Waals surface area (Å²) in [4.78, 5) is 35.9. The molecule has 7 heteroatoms. The Kier molecular flexibility index (Phi) is 5.25. The first kappa shape index (κ1) is 18.1. The highest BCUT2D eigenvalue weighted by Gasteiger charge is 2.30. The van der Waals surface area contributed by atoms with Crippen LogP contribution in [0.5, 0.6) is 0 Å². The fourth-order valence-electron chi connectivity index (χ4n) is 3.10. The maximum atomic E-state index is 13.0. The average Bonchev–Trinajstić information content (AvgIpc) is 2.77. The van der Waals surface area contributed by atoms with Gasteiger partial charge in [0.15, 0.2) is 0 Å². The fourth-order valence-corrected chi connectivity index (χ4v) is 3.10. The van der Waals surface area contributed by atoms with Crippen molar-refractivity contribution in [3.05, 3.63) is 72.1 Å². The van der Waals surface area contributed by atoms with E-state index in [-0.39, 0.29) is 5.91 Å². The van der Waals surface area contributed by atoms with Gasteiger partial charge in [0.2, 0.25) is 6.10 Å². The highest BCUT2D eigenvalue weighted by atomic mass is 16.5. The first-order valence-electron chi connectivity index (χ1n) is 9.05. The van der Waals surface area contributed by atoms with Gasteiger partial charge in [-0.3, -0.25) is 14.8 Å². The van der Waals surface area contributed by atoms with Gasteiger partial charge in [0.05, 0.1) is 29.8 Å². The van der Waals surface area contributed by atoms with Gasteiger partial charge in [0, 0.05) is 31.0 Å². The molecule has 3 aromatic rings. The Hall–Kier alpha value is -3.32. The number of carbonyl (C=O) groups excluding carboxylic acids is 2. The summed E-state index contributed by atoms with van der Waals surface area (Å²) in [5.74, 6) is -0.827. The molecular formula is C21H19N3O4. The van der Waals surface area contributed by atoms with E-state index in [1.807, 2.05) is 18.2 Å². The van der Waals surface area contributed by atoms with E-state index in [1.165, 1.54) is 0 Å². The quantitative estimate of drug-likeness (QED) is 0.650. The van der Waals surface area contributed by atoms with Crippen molar-refractivity contribution in [2.45, 2.75) is 6.10 Å². The first-order chi connectivity index (χ1) is 13.7. The Balaban J connectivity index is 1.60. The van der Waals surface area contributed by atoms with Crippen LogP contribution in [-0.2, 0) is 14.3 Å². The summed E-state index contributed by atoms with van der Waals surface area (Å²) in [6.45, 7) is 1.91. The molecular weight excluding hydrogens is 358 g/mol. The Morgan fingerprint density at radius 2 is 1.68 bits per heavy atom. The molecule has 1 atom stereocenters. The lowest BCUT2D eigenvalue weighted by Gasteiger charge is -2.30. The molecule has 0 N–H and O–H groups in total. The summed E-state index contributed by atoms with van der Waals surface area (Å²) >= 11 is 0. The summed E-state index contributed by atoms with van der Waals surface area (Å²) in [6.07, 6.45) is 2.14. The van der Waals surface area contributed by atoms with Crippen LogP contribution in [0, 0.1) is 0 Å². The number of fused-ring (bicyclic) bond motifs is 1. The lowest BCUT2D eigenvalue weighted by atomic mass is 10.1. The molecule has 0 aliphatic carbocycles. The van der Waals surface area contributed by atoms with Crippen LogP contribution in [0.3, 0.4) is 0 Å². The molecule has 1 aliphatic rings. The van der Waals surface area contributed by atoms with Gasteiger partial charge < -0.3 is 14.4 Å². The SMILES string of the molecule is O=C(O[C@H](C(=O)N1CCOCC1)c1ccccc1)c1ccc2nccnc2c1. The summed E-state index contributed by atoms with van der Waals surface area (Å²) in [7, 11) is 0. The Labute approximate surface area is 161 Å². The van der Waals surface area contributed by atoms with E-state index in [0.717, 1.165) is 0 Å². The normalized spacial score (nSPS) is 15.2. The maximum Gasteiger partial charge on any atom is 0.339 e. The molecule has 1 aromatic heterocycles. The second-order valence-electron chi connectivity index (χ2n) is 6.39. The number of benzene rings is 2. The zero-order chi connectivity index (χ0) is 19.3. The molecule has 7 nitrogen and oxygen atoms in total. The topological polar surface area (TPSA) is 81.6 Å². The summed E-state index contributed by atoms with van der Waals surface area (Å²) in [5.41, 5.74) is 2.23. The number of carbonyl (C=O) groups is 2. The van der Waals surface area contributed by atoms with Crippen LogP contribution in [-0.4, -0.2) is 53.0 Å². The number of morpholine rings is 1. The van der Waals surface area contributed by atoms with Gasteiger partial charge in [-0.05, 0) is 18.2 Å². The van der Waals surface area contributed by atoms with Crippen LogP contribution in [0.1, 0.15) is 22.0 Å². The molecule has 1 aliphatic heterocycles. The molecule has 1 amide bonds. The number of esters is 1. The van der Waals surface area contributed by atoms with Crippen LogP contribution in [0.4, 0.5) is 0 Å². The maximum absolute atomic E-state index is 13.0. The van der Waals surface area contributed by atoms with Crippen molar-refractivity contribution in [1.82, 2.24) is 14.9 Å². The van der Waals surface area contributed by atoms with Crippen LogP contribution in [0.15, 0.2) is 60.9 Å². The molecule has 2 heterocycles. The highest BCUT2D eigenvalue weighted by molar-refractivity contribution is 5.95. The number of nitrogens with zero attached hydrogens (tertiary/aromatic N) is 3. The van der Waals surface area contributed by atoms with Crippen molar-refractivity contribution in [2.24, 2.45) is 0 Å². The second kappa shape index (κ2) is 8.14. The summed E-state index contributed by atoms with van der Waals surface area (Å²) in [6, 6.07) is 14.0. The van der Waals surface area contributed by atoms with Gasteiger partial charge in [0.1, 0.15) is 0 Å². The van der Waals surface area contributed by atoms with Gasteiger partial charge in [-0.1, -0.05) is 30.3 Å². The lowest BCUT2D eigenvalue weighted by molar-refractivity contribution is -0.145. The summed E-state index contributed by atoms with van der Waals surface area (Å²) in [5, 5.41) is 0. The number of hydrogen-bond acceptors (Lipinski definition) is 6. The van der Waals surface area contributed by atoms with Crippen molar-refractivity contribution in [3.8, 4) is 0 Å². The van der Waals surface area contributed by atoms with E-state index in [2.05, 4.69) is 9.97 Å². The zero-order valence-electron chi connectivity index (χ0n) is 15.2. The van der Waals surface area contributed by atoms with E-state index >= 15 is 0 Å². The molecule has 0 saturated carbocycles. The minimum atomic E-state index is -1.01. The molecule has 1 fully saturated rings. The third-order valence-corrected chi connectivity index (χ3v) is 4.58. The molecule has 0 bridgehead atoms. The van der Waals surface area contributed by atoms with E-state index < -0.39 is 12.1 Å². The Bertz CT molecular complexity index is 987. The minimum absolute atomic E-state index is 0.247. The van der Waals surface area contributed by atoms with Gasteiger partial charge in [0.25, 0.3) is 5.91 Å². The monoisotopic (exact) mass is 377 g/mol. The van der Waals surface area contributed by atoms with Crippen LogP contribution in [0.2, 0.25) is 0 Å². The highest BCUT2D eigenvalue weighted by Crippen LogP contribution is 2.23. The molecule has 1 saturated heterocycles. The summed E-state index contributed by atoms with van der Waals surface area (Å²) < 4.78 is 11.0. The molecule has 2 aromatic carbocycles. The minimum Gasteiger partial charge on any atom is -0.444 e. The molecule has 4 rings (SSSR count). The van der Waals surface area contributed by atoms with Crippen molar-refractivity contribution >= 4 is 22.9 Å². The smallest absolute Gasteiger partial charge is 0.339 e. The van der Waals surface area contributed by atoms with Crippen LogP contribution >= 0.6 is 0 Å². The number of ether oxygens (including phenoxy) is 2. The van der Waals surface area contributed by atoms with Crippen molar-refractivity contribution < 1.29 is 19.1 Å². The van der Waals surface area contributed by atoms with Crippen molar-refractivity contribution in [2.75, 3.05) is 26.3 Å². The third-order valence-electron chi connectivity index (χ3n) is 4.58. The predicted octanol–water partition coefficient (Wildman–Crippen LogP) is 2.39. The number of amides is 1. The zero-order valence-corrected chi connectivity index (χ0v) is 15.2. The van der Waals surface area contributed by atoms with Crippen molar-refractivity contribution in [1.29, 1.82) is 0 Å². The molecule has 142 valence electrons. The van der Waals surface area contributed by atoms with Crippen molar-refractivity contribution in [3.63, 3.8) is 0 Å². The van der Waals surface area contributed by atoms with E-state index in [0.29, 0.717) is 48.5 Å². The largest absolute Gasteiger partial charge is 0.444 e. The molecule has 28 heavy (non-hydrogen) atoms. The van der Waals surface area contributed by atoms with Crippen LogP contribution < -0.4 is 0 Å². The van der Waals surface area contributed by atoms with E-state index in [9.17, 15) is 9.59 Å². The fraction of sp³-hybridized carbons (Fsp3) is 0.238. The molecule has 0 unspecified atom stereocenters. The predicted molar refractivity (Wildman–Crippen MR) is 102 cm³/mol. The number of hydrogen-bond donors (Lipinski definition) is 0. The van der Waals surface area contributed by atoms with Gasteiger partial charge in [-0.2, -0.15) is 0 Å². The average molecular weight is 377 g/mol. The Morgan fingerprint density at radius 1 is 0.964 bits per heavy atom. The first-order valence-corrected chi connectivity index (χ1v) is 9.05. The van der Waals surface area contributed by atoms with Crippen LogP contribution in [0.25, 0.3) is 11.0 Å². The Morgan fingerprint density at radius 3 is 2.43 bits per heavy atom. The molecule has 0 radical (unpaired) electrons. The number of rotatable bonds is 4. The van der Waals surface area contributed by atoms with Gasteiger partial charge in [-0.15, -0.1) is 0 Å². The third kappa shape index (κ3) is 3.84. The standard InChI is InChI=1S/C21H19N3O4/c25-20(24-10-12-27-13-11-24)19(15-4-2-1-3-5-15)28-21(26)16-6-7-17-18(14-16)23-9-8-22-17/h1-9,14,19H,10-13H2/t19-/m0/s1. The van der Waals surface area contributed by atoms with E-state index in [1.54, 1.807) is 47.6 Å². The number of aromatic nitrogens is 2. The van der Waals surface area contributed by atoms with Gasteiger partial charge >= 0.3 is 5.97 Å². The lowest BCUT2D eigenvalue weighted by Crippen LogP contribution is -2.44. The van der Waals surface area contributed by atoms with E-state index in [4.69, 9.17) is 9.47 Å². The second-order valence-corrected chi connectivity index (χ2v) is 6.39. The van der Waals surface area contributed by atoms with Gasteiger partial charge in [-0.25, -0.2) is 4.79 Å². The molecule has 0 spiro atoms.